The maximum atomic E-state index is 12.9. The third kappa shape index (κ3) is 5.24. The van der Waals surface area contributed by atoms with Crippen molar-refractivity contribution in [1.82, 2.24) is 10.2 Å². The van der Waals surface area contributed by atoms with E-state index in [-0.39, 0.29) is 17.4 Å². The van der Waals surface area contributed by atoms with Crippen molar-refractivity contribution in [3.63, 3.8) is 0 Å². The monoisotopic (exact) mass is 500 g/mol. The summed E-state index contributed by atoms with van der Waals surface area (Å²) in [5.41, 5.74) is 2.33. The number of carbonyl (C=O) groups excluding carboxylic acids is 1. The summed E-state index contributed by atoms with van der Waals surface area (Å²) in [4.78, 5) is 15.6. The minimum Gasteiger partial charge on any atom is -0.497 e. The molecule has 2 aromatic carbocycles. The highest BCUT2D eigenvalue weighted by Crippen LogP contribution is 2.50. The van der Waals surface area contributed by atoms with Crippen molar-refractivity contribution in [3.05, 3.63) is 63.6 Å². The molecule has 3 atom stereocenters. The molecule has 34 heavy (non-hydrogen) atoms. The van der Waals surface area contributed by atoms with Gasteiger partial charge in [0.1, 0.15) is 5.75 Å². The Morgan fingerprint density at radius 3 is 2.74 bits per heavy atom. The van der Waals surface area contributed by atoms with Gasteiger partial charge < -0.3 is 15.0 Å². The van der Waals surface area contributed by atoms with E-state index in [9.17, 15) is 4.79 Å². The van der Waals surface area contributed by atoms with Crippen LogP contribution in [0.1, 0.15) is 49.7 Å². The highest BCUT2D eigenvalue weighted by atomic mass is 35.5. The molecule has 182 valence electrons. The van der Waals surface area contributed by atoms with Gasteiger partial charge in [0.2, 0.25) is 5.91 Å². The minimum absolute atomic E-state index is 0.0498. The standard InChI is InChI=1S/C28H34Cl2N2O2/c1-34-24-4-2-3-21(15-24)28-11-12-32(17-19-5-6-19)18-22(28)8-9-23(16-28)31-27(33)14-20-7-10-25(29)26(30)13-20/h2-4,7,10,13,15,19,22-23H,5-6,8-9,11-12,14,16-18H2,1H3,(H,31,33)/t22?,23-,28?/m1/s1. The zero-order valence-electron chi connectivity index (χ0n) is 19.9. The van der Waals surface area contributed by atoms with E-state index in [1.54, 1.807) is 19.2 Å². The van der Waals surface area contributed by atoms with Crippen LogP contribution < -0.4 is 10.1 Å². The molecule has 3 fully saturated rings. The van der Waals surface area contributed by atoms with E-state index in [1.165, 1.54) is 24.9 Å². The molecule has 0 spiro atoms. The first-order chi connectivity index (χ1) is 16.4. The summed E-state index contributed by atoms with van der Waals surface area (Å²) in [5.74, 6) is 2.49. The molecule has 0 aromatic heterocycles. The van der Waals surface area contributed by atoms with Crippen LogP contribution in [0.4, 0.5) is 0 Å². The SMILES string of the molecule is COc1cccc(C23CCN(CC4CC4)CC2CC[C@@H](NC(=O)Cc2ccc(Cl)c(Cl)c2)C3)c1. The number of carbonyl (C=O) groups is 1. The van der Waals surface area contributed by atoms with Crippen molar-refractivity contribution in [1.29, 1.82) is 0 Å². The second-order valence-corrected chi connectivity index (χ2v) is 11.3. The van der Waals surface area contributed by atoms with Gasteiger partial charge in [0, 0.05) is 24.5 Å². The Kier molecular flexibility index (Phi) is 7.11. The zero-order valence-corrected chi connectivity index (χ0v) is 21.4. The van der Waals surface area contributed by atoms with E-state index in [0.717, 1.165) is 56.0 Å². The molecule has 1 saturated heterocycles. The second kappa shape index (κ2) is 10.1. The molecule has 5 rings (SSSR count). The number of nitrogens with one attached hydrogen (secondary N) is 1. The summed E-state index contributed by atoms with van der Waals surface area (Å²) in [6.45, 7) is 3.56. The van der Waals surface area contributed by atoms with E-state index in [0.29, 0.717) is 22.4 Å². The second-order valence-electron chi connectivity index (χ2n) is 10.5. The molecule has 2 saturated carbocycles. The van der Waals surface area contributed by atoms with Gasteiger partial charge in [-0.05, 0) is 92.3 Å². The van der Waals surface area contributed by atoms with Crippen LogP contribution in [-0.2, 0) is 16.6 Å². The Labute approximate surface area is 213 Å². The Balaban J connectivity index is 1.32. The molecule has 6 heteroatoms. The van der Waals surface area contributed by atoms with Crippen molar-refractivity contribution >= 4 is 29.1 Å². The van der Waals surface area contributed by atoms with Gasteiger partial charge in [-0.25, -0.2) is 0 Å². The number of nitrogens with zero attached hydrogens (tertiary/aromatic N) is 1. The molecule has 4 nitrogen and oxygen atoms in total. The van der Waals surface area contributed by atoms with Gasteiger partial charge in [0.05, 0.1) is 23.6 Å². The smallest absolute Gasteiger partial charge is 0.224 e. The topological polar surface area (TPSA) is 41.6 Å². The molecule has 2 unspecified atom stereocenters. The summed E-state index contributed by atoms with van der Waals surface area (Å²) in [5, 5.41) is 4.35. The fraction of sp³-hybridized carbons (Fsp3) is 0.536. The lowest BCUT2D eigenvalue weighted by Gasteiger charge is -2.53. The minimum atomic E-state index is 0.0498. The van der Waals surface area contributed by atoms with Crippen molar-refractivity contribution in [2.24, 2.45) is 11.8 Å². The van der Waals surface area contributed by atoms with Gasteiger partial charge in [0.15, 0.2) is 0 Å². The van der Waals surface area contributed by atoms with E-state index < -0.39 is 0 Å². The fourth-order valence-electron chi connectivity index (χ4n) is 6.22. The maximum Gasteiger partial charge on any atom is 0.224 e. The summed E-state index contributed by atoms with van der Waals surface area (Å²) in [6.07, 6.45) is 7.39. The van der Waals surface area contributed by atoms with Crippen molar-refractivity contribution < 1.29 is 9.53 Å². The summed E-state index contributed by atoms with van der Waals surface area (Å²) < 4.78 is 5.58. The van der Waals surface area contributed by atoms with Gasteiger partial charge in [-0.3, -0.25) is 4.79 Å². The molecule has 1 amide bonds. The van der Waals surface area contributed by atoms with Gasteiger partial charge in [-0.2, -0.15) is 0 Å². The Morgan fingerprint density at radius 1 is 1.12 bits per heavy atom. The van der Waals surface area contributed by atoms with E-state index >= 15 is 0 Å². The normalized spacial score (nSPS) is 27.1. The molecular formula is C28H34Cl2N2O2. The quantitative estimate of drug-likeness (QED) is 0.515. The van der Waals surface area contributed by atoms with Crippen LogP contribution in [0.15, 0.2) is 42.5 Å². The first kappa shape index (κ1) is 24.0. The molecule has 0 radical (unpaired) electrons. The Morgan fingerprint density at radius 2 is 1.97 bits per heavy atom. The summed E-state index contributed by atoms with van der Waals surface area (Å²) in [7, 11) is 1.74. The molecule has 3 aliphatic rings. The Bertz CT molecular complexity index is 1040. The number of rotatable bonds is 7. The van der Waals surface area contributed by atoms with Gasteiger partial charge in [-0.15, -0.1) is 0 Å². The van der Waals surface area contributed by atoms with Crippen LogP contribution in [0.25, 0.3) is 0 Å². The number of hydrogen-bond acceptors (Lipinski definition) is 3. The molecule has 1 aliphatic heterocycles. The maximum absolute atomic E-state index is 12.9. The third-order valence-corrected chi connectivity index (χ3v) is 8.92. The van der Waals surface area contributed by atoms with Crippen LogP contribution in [0.3, 0.4) is 0 Å². The van der Waals surface area contributed by atoms with Crippen LogP contribution >= 0.6 is 23.2 Å². The van der Waals surface area contributed by atoms with Crippen LogP contribution in [0.5, 0.6) is 5.75 Å². The van der Waals surface area contributed by atoms with Crippen molar-refractivity contribution in [3.8, 4) is 5.75 Å². The predicted octanol–water partition coefficient (Wildman–Crippen LogP) is 5.88. The highest BCUT2D eigenvalue weighted by Gasteiger charge is 2.48. The van der Waals surface area contributed by atoms with Gasteiger partial charge in [0.25, 0.3) is 0 Å². The number of amides is 1. The zero-order chi connectivity index (χ0) is 23.7. The average Bonchev–Trinajstić information content (AvgIpc) is 3.65. The van der Waals surface area contributed by atoms with E-state index in [1.807, 2.05) is 12.1 Å². The van der Waals surface area contributed by atoms with Crippen molar-refractivity contribution in [2.45, 2.75) is 56.4 Å². The van der Waals surface area contributed by atoms with Crippen LogP contribution in [0, 0.1) is 11.8 Å². The molecular weight excluding hydrogens is 467 g/mol. The molecule has 2 aliphatic carbocycles. The van der Waals surface area contributed by atoms with Crippen molar-refractivity contribution in [2.75, 3.05) is 26.7 Å². The molecule has 1 heterocycles. The number of likely N-dealkylation sites (tertiary alicyclic amines) is 1. The first-order valence-electron chi connectivity index (χ1n) is 12.6. The number of piperidine rings is 1. The third-order valence-electron chi connectivity index (χ3n) is 8.18. The average molecular weight is 501 g/mol. The lowest BCUT2D eigenvalue weighted by atomic mass is 9.58. The number of fused-ring (bicyclic) bond motifs is 1. The lowest BCUT2D eigenvalue weighted by Crippen LogP contribution is -2.56. The molecule has 0 bridgehead atoms. The van der Waals surface area contributed by atoms with Gasteiger partial charge >= 0.3 is 0 Å². The number of ether oxygens (including phenoxy) is 1. The summed E-state index contributed by atoms with van der Waals surface area (Å²) >= 11 is 12.2. The van der Waals surface area contributed by atoms with Crippen LogP contribution in [0.2, 0.25) is 10.0 Å². The fourth-order valence-corrected chi connectivity index (χ4v) is 6.54. The van der Waals surface area contributed by atoms with E-state index in [4.69, 9.17) is 27.9 Å². The van der Waals surface area contributed by atoms with Gasteiger partial charge in [-0.1, -0.05) is 41.4 Å². The molecule has 2 aromatic rings. The highest BCUT2D eigenvalue weighted by molar-refractivity contribution is 6.42. The molecule has 1 N–H and O–H groups in total. The van der Waals surface area contributed by atoms with E-state index in [2.05, 4.69) is 28.4 Å². The first-order valence-corrected chi connectivity index (χ1v) is 13.3. The largest absolute Gasteiger partial charge is 0.497 e. The Hall–Kier alpha value is -1.75. The number of methoxy groups -OCH3 is 1. The lowest BCUT2D eigenvalue weighted by molar-refractivity contribution is -0.121. The summed E-state index contributed by atoms with van der Waals surface area (Å²) in [6, 6.07) is 14.2. The number of halogens is 2. The predicted molar refractivity (Wildman–Crippen MR) is 138 cm³/mol. The number of benzene rings is 2. The van der Waals surface area contributed by atoms with Crippen LogP contribution in [-0.4, -0.2) is 43.6 Å². The number of hydrogen-bond donors (Lipinski definition) is 1.